The Morgan fingerprint density at radius 1 is 1.00 bits per heavy atom. The number of carbonyl (C=O) groups is 2. The van der Waals surface area contributed by atoms with Gasteiger partial charge in [-0.25, -0.2) is 24.5 Å². The summed E-state index contributed by atoms with van der Waals surface area (Å²) in [5.74, 6) is 0.965. The molecule has 0 amide bonds. The molecule has 2 heterocycles. The average Bonchev–Trinajstić information content (AvgIpc) is 3.30. The SMILES string of the molecule is COC(=O)c1cc(NC(=S)NC(=NCCSCc2nc[nH]c2C)Nc2nc(C)cc(C)n2)cc(C(=O)OC)c1. The quantitative estimate of drug-likeness (QED) is 0.0979. The number of imidazole rings is 1. The minimum Gasteiger partial charge on any atom is -0.465 e. The first-order valence-electron chi connectivity index (χ1n) is 11.8. The third kappa shape index (κ3) is 9.04. The molecule has 2 aromatic heterocycles. The van der Waals surface area contributed by atoms with Crippen molar-refractivity contribution in [2.75, 3.05) is 37.2 Å². The largest absolute Gasteiger partial charge is 0.465 e. The number of H-pyrrole nitrogens is 1. The number of carbonyl (C=O) groups excluding carboxylic acids is 2. The molecule has 0 bridgehead atoms. The molecular formula is C25H30N8O4S2. The van der Waals surface area contributed by atoms with Crippen LogP contribution in [0.2, 0.25) is 0 Å². The number of ether oxygens (including phenoxy) is 2. The minimum absolute atomic E-state index is 0.156. The molecule has 1 aromatic carbocycles. The molecule has 0 saturated heterocycles. The van der Waals surface area contributed by atoms with E-state index in [1.54, 1.807) is 18.1 Å². The zero-order valence-corrected chi connectivity index (χ0v) is 23.9. The van der Waals surface area contributed by atoms with E-state index in [-0.39, 0.29) is 16.2 Å². The summed E-state index contributed by atoms with van der Waals surface area (Å²) in [6.07, 6.45) is 1.68. The molecule has 0 aliphatic carbocycles. The van der Waals surface area contributed by atoms with Crippen LogP contribution in [0.5, 0.6) is 0 Å². The molecule has 3 rings (SSSR count). The molecule has 0 aliphatic rings. The molecule has 0 aliphatic heterocycles. The number of hydrogen-bond acceptors (Lipinski definition) is 10. The number of benzene rings is 1. The summed E-state index contributed by atoms with van der Waals surface area (Å²) in [6, 6.07) is 6.27. The van der Waals surface area contributed by atoms with Crippen molar-refractivity contribution in [1.82, 2.24) is 25.3 Å². The molecule has 0 fully saturated rings. The normalized spacial score (nSPS) is 11.1. The van der Waals surface area contributed by atoms with Gasteiger partial charge in [-0.2, -0.15) is 11.8 Å². The Morgan fingerprint density at radius 3 is 2.21 bits per heavy atom. The Kier molecular flexibility index (Phi) is 10.8. The number of aromatic nitrogens is 4. The van der Waals surface area contributed by atoms with Crippen LogP contribution in [0.15, 0.2) is 35.6 Å². The number of methoxy groups -OCH3 is 2. The summed E-state index contributed by atoms with van der Waals surface area (Å²) in [6.45, 7) is 6.20. The van der Waals surface area contributed by atoms with E-state index in [9.17, 15) is 9.59 Å². The van der Waals surface area contributed by atoms with Crippen LogP contribution in [0, 0.1) is 20.8 Å². The van der Waals surface area contributed by atoms with Gasteiger partial charge in [0.15, 0.2) is 5.11 Å². The highest BCUT2D eigenvalue weighted by Gasteiger charge is 2.15. The van der Waals surface area contributed by atoms with Gasteiger partial charge in [-0.3, -0.25) is 10.3 Å². The minimum atomic E-state index is -0.610. The number of esters is 2. The maximum absolute atomic E-state index is 12.1. The van der Waals surface area contributed by atoms with E-state index in [0.29, 0.717) is 24.1 Å². The van der Waals surface area contributed by atoms with E-state index in [4.69, 9.17) is 21.7 Å². The first kappa shape index (κ1) is 29.5. The Morgan fingerprint density at radius 2 is 1.64 bits per heavy atom. The van der Waals surface area contributed by atoms with Gasteiger partial charge in [0, 0.05) is 34.3 Å². The topological polar surface area (TPSA) is 156 Å². The van der Waals surface area contributed by atoms with E-state index in [0.717, 1.165) is 34.3 Å². The molecule has 4 N–H and O–H groups in total. The van der Waals surface area contributed by atoms with Gasteiger partial charge in [0.2, 0.25) is 11.9 Å². The van der Waals surface area contributed by atoms with Crippen molar-refractivity contribution in [1.29, 1.82) is 0 Å². The predicted molar refractivity (Wildman–Crippen MR) is 155 cm³/mol. The number of aromatic amines is 1. The standard InChI is InChI=1S/C25H30N8O4S2/c1-14-8-15(2)30-24(29-14)32-23(26-6-7-39-12-20-16(3)27-13-28-20)33-25(38)31-19-10-17(21(34)36-4)9-18(11-19)22(35)37-5/h8-11,13H,6-7,12H2,1-5H3,(H,27,28)(H3,26,29,30,31,32,33,38). The summed E-state index contributed by atoms with van der Waals surface area (Å²) in [7, 11) is 2.51. The number of nitrogens with one attached hydrogen (secondary N) is 4. The summed E-state index contributed by atoms with van der Waals surface area (Å²) in [4.78, 5) is 45.0. The number of anilines is 2. The molecule has 39 heavy (non-hydrogen) atoms. The Labute approximate surface area is 235 Å². The molecule has 0 spiro atoms. The van der Waals surface area contributed by atoms with Crippen molar-refractivity contribution < 1.29 is 19.1 Å². The van der Waals surface area contributed by atoms with Crippen molar-refractivity contribution in [2.45, 2.75) is 26.5 Å². The molecule has 0 atom stereocenters. The zero-order valence-electron chi connectivity index (χ0n) is 22.2. The second-order valence-corrected chi connectivity index (χ2v) is 9.73. The Balaban J connectivity index is 1.74. The number of hydrogen-bond donors (Lipinski definition) is 4. The lowest BCUT2D eigenvalue weighted by molar-refractivity contribution is 0.0599. The number of aryl methyl sites for hydroxylation is 3. The van der Waals surface area contributed by atoms with E-state index >= 15 is 0 Å². The van der Waals surface area contributed by atoms with Crippen LogP contribution in [0.25, 0.3) is 0 Å². The molecule has 0 unspecified atom stereocenters. The lowest BCUT2D eigenvalue weighted by Gasteiger charge is -2.15. The third-order valence-electron chi connectivity index (χ3n) is 5.16. The highest BCUT2D eigenvalue weighted by atomic mass is 32.2. The van der Waals surface area contributed by atoms with Gasteiger partial charge in [-0.05, 0) is 57.3 Å². The van der Waals surface area contributed by atoms with Gasteiger partial charge in [-0.15, -0.1) is 0 Å². The highest BCUT2D eigenvalue weighted by molar-refractivity contribution is 7.98. The molecular weight excluding hydrogens is 540 g/mol. The second-order valence-electron chi connectivity index (χ2n) is 8.22. The lowest BCUT2D eigenvalue weighted by atomic mass is 10.1. The van der Waals surface area contributed by atoms with E-state index in [2.05, 4.69) is 40.9 Å². The van der Waals surface area contributed by atoms with Crippen LogP contribution in [-0.2, 0) is 15.2 Å². The molecule has 12 nitrogen and oxygen atoms in total. The summed E-state index contributed by atoms with van der Waals surface area (Å²) < 4.78 is 9.58. The van der Waals surface area contributed by atoms with Gasteiger partial charge >= 0.3 is 11.9 Å². The van der Waals surface area contributed by atoms with Crippen LogP contribution < -0.4 is 16.0 Å². The number of thioether (sulfide) groups is 1. The van der Waals surface area contributed by atoms with Crippen molar-refractivity contribution in [3.05, 3.63) is 64.5 Å². The number of thiocarbonyl (C=S) groups is 1. The fourth-order valence-corrected chi connectivity index (χ4v) is 4.43. The second kappa shape index (κ2) is 14.2. The van der Waals surface area contributed by atoms with Gasteiger partial charge in [0.05, 0.1) is 43.9 Å². The molecule has 0 saturated carbocycles. The summed E-state index contributed by atoms with van der Waals surface area (Å²) >= 11 is 7.19. The van der Waals surface area contributed by atoms with Crippen molar-refractivity contribution in [2.24, 2.45) is 4.99 Å². The highest BCUT2D eigenvalue weighted by Crippen LogP contribution is 2.17. The Hall–Kier alpha value is -4.04. The summed E-state index contributed by atoms with van der Waals surface area (Å²) in [5, 5.41) is 9.22. The maximum atomic E-state index is 12.1. The monoisotopic (exact) mass is 570 g/mol. The number of aliphatic imine (C=N–C) groups is 1. The van der Waals surface area contributed by atoms with Gasteiger partial charge < -0.3 is 25.1 Å². The Bertz CT molecular complexity index is 1320. The van der Waals surface area contributed by atoms with Crippen LogP contribution in [-0.4, -0.2) is 69.5 Å². The van der Waals surface area contributed by atoms with Gasteiger partial charge in [0.1, 0.15) is 0 Å². The predicted octanol–water partition coefficient (Wildman–Crippen LogP) is 3.39. The fraction of sp³-hybridized carbons (Fsp3) is 0.320. The van der Waals surface area contributed by atoms with Crippen molar-refractivity contribution >= 4 is 58.6 Å². The van der Waals surface area contributed by atoms with Crippen LogP contribution in [0.3, 0.4) is 0 Å². The number of rotatable bonds is 9. The van der Waals surface area contributed by atoms with E-state index < -0.39 is 11.9 Å². The van der Waals surface area contributed by atoms with E-state index in [1.165, 1.54) is 32.4 Å². The van der Waals surface area contributed by atoms with Gasteiger partial charge in [0.25, 0.3) is 0 Å². The van der Waals surface area contributed by atoms with Crippen molar-refractivity contribution in [3.8, 4) is 0 Å². The van der Waals surface area contributed by atoms with Crippen molar-refractivity contribution in [3.63, 3.8) is 0 Å². The maximum Gasteiger partial charge on any atom is 0.337 e. The van der Waals surface area contributed by atoms with Crippen LogP contribution >= 0.6 is 24.0 Å². The third-order valence-corrected chi connectivity index (χ3v) is 6.31. The number of nitrogens with zero attached hydrogens (tertiary/aromatic N) is 4. The first-order valence-corrected chi connectivity index (χ1v) is 13.3. The molecule has 206 valence electrons. The molecule has 14 heteroatoms. The number of guanidine groups is 1. The zero-order chi connectivity index (χ0) is 28.4. The molecule has 0 radical (unpaired) electrons. The van der Waals surface area contributed by atoms with Gasteiger partial charge in [-0.1, -0.05) is 0 Å². The van der Waals surface area contributed by atoms with E-state index in [1.807, 2.05) is 26.8 Å². The smallest absolute Gasteiger partial charge is 0.337 e. The first-order chi connectivity index (χ1) is 18.7. The van der Waals surface area contributed by atoms with Crippen LogP contribution in [0.4, 0.5) is 11.6 Å². The summed E-state index contributed by atoms with van der Waals surface area (Å²) in [5.41, 5.74) is 4.34. The lowest BCUT2D eigenvalue weighted by Crippen LogP contribution is -2.39. The fourth-order valence-electron chi connectivity index (χ4n) is 3.36. The average molecular weight is 571 g/mol. The molecule has 3 aromatic rings. The van der Waals surface area contributed by atoms with Crippen LogP contribution in [0.1, 0.15) is 43.5 Å².